The van der Waals surface area contributed by atoms with Crippen LogP contribution in [0.2, 0.25) is 0 Å². The molecule has 1 aromatic carbocycles. The summed E-state index contributed by atoms with van der Waals surface area (Å²) in [6.45, 7) is 0. The molecule has 6 heteroatoms. The summed E-state index contributed by atoms with van der Waals surface area (Å²) >= 11 is 4.19. The van der Waals surface area contributed by atoms with Crippen LogP contribution in [-0.2, 0) is 21.1 Å². The number of benzene rings is 1. The lowest BCUT2D eigenvalue weighted by atomic mass is 10.1. The zero-order valence-corrected chi connectivity index (χ0v) is 12.2. The smallest absolute Gasteiger partial charge is 0.224 e. The first kappa shape index (κ1) is 14.4. The van der Waals surface area contributed by atoms with E-state index in [1.54, 1.807) is 0 Å². The Bertz CT molecular complexity index is 538. The molecule has 4 nitrogen and oxygen atoms in total. The third kappa shape index (κ3) is 4.54. The van der Waals surface area contributed by atoms with Gasteiger partial charge in [0.25, 0.3) is 0 Å². The van der Waals surface area contributed by atoms with Crippen LogP contribution in [0.5, 0.6) is 0 Å². The number of hydrogen-bond donors (Lipinski definition) is 2. The molecule has 0 radical (unpaired) electrons. The zero-order chi connectivity index (χ0) is 13.9. The van der Waals surface area contributed by atoms with E-state index in [-0.39, 0.29) is 23.5 Å². The summed E-state index contributed by atoms with van der Waals surface area (Å²) in [5.74, 6) is 0.287. The van der Waals surface area contributed by atoms with Gasteiger partial charge < -0.3 is 5.32 Å². The monoisotopic (exact) mass is 299 g/mol. The predicted molar refractivity (Wildman–Crippen MR) is 77.2 cm³/mol. The Balaban J connectivity index is 1.83. The van der Waals surface area contributed by atoms with Gasteiger partial charge in [-0.2, -0.15) is 0 Å². The molecule has 1 saturated heterocycles. The van der Waals surface area contributed by atoms with Crippen LogP contribution in [0.25, 0.3) is 0 Å². The van der Waals surface area contributed by atoms with E-state index < -0.39 is 9.84 Å². The third-order valence-electron chi connectivity index (χ3n) is 3.22. The van der Waals surface area contributed by atoms with Gasteiger partial charge in [0.1, 0.15) is 9.84 Å². The van der Waals surface area contributed by atoms with Gasteiger partial charge in [-0.1, -0.05) is 12.1 Å². The van der Waals surface area contributed by atoms with Crippen molar-refractivity contribution in [3.8, 4) is 0 Å². The SMILES string of the molecule is O=C(Cc1ccc(S)cc1)NC1CCS(=O)(=O)CC1. The van der Waals surface area contributed by atoms with Crippen molar-refractivity contribution in [1.82, 2.24) is 5.32 Å². The standard InChI is InChI=1S/C13H17NO3S2/c15-13(9-10-1-3-12(18)4-2-10)14-11-5-7-19(16,17)8-6-11/h1-4,11,18H,5-9H2,(H,14,15). The molecule has 1 heterocycles. The predicted octanol–water partition coefficient (Wildman–Crippen LogP) is 1.21. The van der Waals surface area contributed by atoms with Gasteiger partial charge in [0, 0.05) is 10.9 Å². The van der Waals surface area contributed by atoms with Crippen LogP contribution in [0.15, 0.2) is 29.2 Å². The molecular weight excluding hydrogens is 282 g/mol. The van der Waals surface area contributed by atoms with E-state index >= 15 is 0 Å². The minimum absolute atomic E-state index is 0.0137. The summed E-state index contributed by atoms with van der Waals surface area (Å²) in [7, 11) is -2.87. The van der Waals surface area contributed by atoms with E-state index in [0.717, 1.165) is 10.5 Å². The molecule has 1 aliphatic rings. The van der Waals surface area contributed by atoms with E-state index in [9.17, 15) is 13.2 Å². The van der Waals surface area contributed by atoms with Crippen LogP contribution in [0.1, 0.15) is 18.4 Å². The van der Waals surface area contributed by atoms with Crippen molar-refractivity contribution in [1.29, 1.82) is 0 Å². The lowest BCUT2D eigenvalue weighted by molar-refractivity contribution is -0.121. The van der Waals surface area contributed by atoms with Crippen LogP contribution in [-0.4, -0.2) is 31.9 Å². The van der Waals surface area contributed by atoms with E-state index in [4.69, 9.17) is 0 Å². The van der Waals surface area contributed by atoms with Crippen LogP contribution < -0.4 is 5.32 Å². The molecule has 0 atom stereocenters. The zero-order valence-electron chi connectivity index (χ0n) is 10.5. The second-order valence-corrected chi connectivity index (χ2v) is 7.66. The van der Waals surface area contributed by atoms with E-state index in [1.165, 1.54) is 0 Å². The maximum absolute atomic E-state index is 11.8. The quantitative estimate of drug-likeness (QED) is 0.825. The Kier molecular flexibility index (Phi) is 4.52. The van der Waals surface area contributed by atoms with E-state index in [2.05, 4.69) is 17.9 Å². The topological polar surface area (TPSA) is 63.2 Å². The number of sulfone groups is 1. The van der Waals surface area contributed by atoms with E-state index in [1.807, 2.05) is 24.3 Å². The number of carbonyl (C=O) groups excluding carboxylic acids is 1. The van der Waals surface area contributed by atoms with Crippen LogP contribution in [0.4, 0.5) is 0 Å². The van der Waals surface area contributed by atoms with Crippen molar-refractivity contribution in [3.63, 3.8) is 0 Å². The summed E-state index contributed by atoms with van der Waals surface area (Å²) in [6, 6.07) is 7.42. The summed E-state index contributed by atoms with van der Waals surface area (Å²) in [5.41, 5.74) is 0.929. The number of hydrogen-bond acceptors (Lipinski definition) is 4. The van der Waals surface area contributed by atoms with Gasteiger partial charge in [0.15, 0.2) is 0 Å². The molecule has 0 aromatic heterocycles. The minimum Gasteiger partial charge on any atom is -0.353 e. The molecule has 1 fully saturated rings. The molecule has 2 rings (SSSR count). The van der Waals surface area contributed by atoms with Gasteiger partial charge in [0.05, 0.1) is 17.9 Å². The summed E-state index contributed by atoms with van der Waals surface area (Å²) in [6.07, 6.45) is 1.35. The Morgan fingerprint density at radius 3 is 2.37 bits per heavy atom. The number of rotatable bonds is 3. The fourth-order valence-corrected chi connectivity index (χ4v) is 3.75. The maximum Gasteiger partial charge on any atom is 0.224 e. The lowest BCUT2D eigenvalue weighted by Crippen LogP contribution is -2.41. The molecule has 0 unspecified atom stereocenters. The average molecular weight is 299 g/mol. The normalized spacial score (nSPS) is 19.0. The number of carbonyl (C=O) groups is 1. The molecule has 1 N–H and O–H groups in total. The van der Waals surface area contributed by atoms with Crippen LogP contribution in [0.3, 0.4) is 0 Å². The first-order valence-electron chi connectivity index (χ1n) is 6.22. The van der Waals surface area contributed by atoms with Crippen molar-refractivity contribution < 1.29 is 13.2 Å². The number of thiol groups is 1. The highest BCUT2D eigenvalue weighted by atomic mass is 32.2. The van der Waals surface area contributed by atoms with Gasteiger partial charge in [-0.15, -0.1) is 12.6 Å². The summed E-state index contributed by atoms with van der Waals surface area (Å²) in [5, 5.41) is 2.90. The van der Waals surface area contributed by atoms with Crippen LogP contribution in [0, 0.1) is 0 Å². The van der Waals surface area contributed by atoms with Gasteiger partial charge in [-0.05, 0) is 30.5 Å². The fraction of sp³-hybridized carbons (Fsp3) is 0.462. The largest absolute Gasteiger partial charge is 0.353 e. The van der Waals surface area contributed by atoms with Gasteiger partial charge in [-0.3, -0.25) is 4.79 Å². The highest BCUT2D eigenvalue weighted by Gasteiger charge is 2.24. The molecule has 1 amide bonds. The van der Waals surface area contributed by atoms with E-state index in [0.29, 0.717) is 19.3 Å². The molecule has 19 heavy (non-hydrogen) atoms. The highest BCUT2D eigenvalue weighted by Crippen LogP contribution is 2.13. The van der Waals surface area contributed by atoms with Crippen molar-refractivity contribution in [2.45, 2.75) is 30.2 Å². The van der Waals surface area contributed by atoms with Gasteiger partial charge in [0.2, 0.25) is 5.91 Å². The Hall–Kier alpha value is -1.01. The first-order valence-corrected chi connectivity index (χ1v) is 8.49. The first-order chi connectivity index (χ1) is 8.94. The van der Waals surface area contributed by atoms with Crippen molar-refractivity contribution in [2.24, 2.45) is 0 Å². The number of amides is 1. The maximum atomic E-state index is 11.8. The molecule has 0 aliphatic carbocycles. The Morgan fingerprint density at radius 2 is 1.79 bits per heavy atom. The molecular formula is C13H17NO3S2. The van der Waals surface area contributed by atoms with Gasteiger partial charge >= 0.3 is 0 Å². The fourth-order valence-electron chi connectivity index (χ4n) is 2.11. The highest BCUT2D eigenvalue weighted by molar-refractivity contribution is 7.91. The Morgan fingerprint density at radius 1 is 1.21 bits per heavy atom. The molecule has 0 spiro atoms. The lowest BCUT2D eigenvalue weighted by Gasteiger charge is -2.23. The second-order valence-electron chi connectivity index (χ2n) is 4.84. The molecule has 1 aromatic rings. The second kappa shape index (κ2) is 5.96. The van der Waals surface area contributed by atoms with Crippen LogP contribution >= 0.6 is 12.6 Å². The van der Waals surface area contributed by atoms with Crippen molar-refractivity contribution >= 4 is 28.4 Å². The Labute approximate surface area is 118 Å². The molecule has 0 saturated carbocycles. The van der Waals surface area contributed by atoms with Gasteiger partial charge in [-0.25, -0.2) is 8.42 Å². The van der Waals surface area contributed by atoms with Crippen molar-refractivity contribution in [2.75, 3.05) is 11.5 Å². The minimum atomic E-state index is -2.87. The third-order valence-corrected chi connectivity index (χ3v) is 5.23. The summed E-state index contributed by atoms with van der Waals surface area (Å²) < 4.78 is 22.6. The molecule has 1 aliphatic heterocycles. The number of nitrogens with one attached hydrogen (secondary N) is 1. The average Bonchev–Trinajstić information content (AvgIpc) is 2.35. The summed E-state index contributed by atoms with van der Waals surface area (Å²) in [4.78, 5) is 12.7. The molecule has 0 bridgehead atoms. The molecule has 104 valence electrons. The van der Waals surface area contributed by atoms with Crippen molar-refractivity contribution in [3.05, 3.63) is 29.8 Å².